The maximum absolute atomic E-state index is 11.9. The minimum absolute atomic E-state index is 0.140. The van der Waals surface area contributed by atoms with Gasteiger partial charge in [-0.1, -0.05) is 35.3 Å². The molecule has 2 aromatic rings. The lowest BCUT2D eigenvalue weighted by Gasteiger charge is -2.09. The quantitative estimate of drug-likeness (QED) is 0.630. The van der Waals surface area contributed by atoms with E-state index < -0.39 is 0 Å². The molecule has 3 nitrogen and oxygen atoms in total. The van der Waals surface area contributed by atoms with Crippen LogP contribution in [0.1, 0.15) is 5.56 Å². The third kappa shape index (κ3) is 4.30. The van der Waals surface area contributed by atoms with E-state index in [1.807, 2.05) is 19.1 Å². The molecule has 6 heteroatoms. The SMILES string of the molecule is Cc1ccc(NC(=O)CSc2c(N)cccc2Cl)cc1Cl. The van der Waals surface area contributed by atoms with E-state index in [1.54, 1.807) is 24.3 Å². The van der Waals surface area contributed by atoms with Crippen LogP contribution in [0.3, 0.4) is 0 Å². The molecule has 0 fully saturated rings. The minimum atomic E-state index is -0.140. The van der Waals surface area contributed by atoms with Gasteiger partial charge in [-0.15, -0.1) is 11.8 Å². The van der Waals surface area contributed by atoms with Crippen LogP contribution in [0, 0.1) is 6.92 Å². The Bertz CT molecular complexity index is 656. The van der Waals surface area contributed by atoms with E-state index in [-0.39, 0.29) is 11.7 Å². The number of carbonyl (C=O) groups excluding carboxylic acids is 1. The second-order valence-electron chi connectivity index (χ2n) is 4.46. The molecular weight excluding hydrogens is 327 g/mol. The third-order valence-corrected chi connectivity index (χ3v) is 4.79. The number of benzene rings is 2. The van der Waals surface area contributed by atoms with Crippen molar-refractivity contribution < 1.29 is 4.79 Å². The summed E-state index contributed by atoms with van der Waals surface area (Å²) < 4.78 is 0. The lowest BCUT2D eigenvalue weighted by Crippen LogP contribution is -2.14. The van der Waals surface area contributed by atoms with Crippen LogP contribution in [0.2, 0.25) is 10.0 Å². The fourth-order valence-corrected chi connectivity index (χ4v) is 3.00. The number of aryl methyl sites for hydroxylation is 1. The van der Waals surface area contributed by atoms with Crippen molar-refractivity contribution in [3.8, 4) is 0 Å². The van der Waals surface area contributed by atoms with E-state index in [0.717, 1.165) is 10.5 Å². The number of rotatable bonds is 4. The van der Waals surface area contributed by atoms with Gasteiger partial charge in [0.15, 0.2) is 0 Å². The van der Waals surface area contributed by atoms with Crippen LogP contribution in [-0.2, 0) is 4.79 Å². The second kappa shape index (κ2) is 7.07. The van der Waals surface area contributed by atoms with Crippen LogP contribution in [0.15, 0.2) is 41.3 Å². The summed E-state index contributed by atoms with van der Waals surface area (Å²) in [5, 5.41) is 3.96. The molecule has 2 rings (SSSR count). The van der Waals surface area contributed by atoms with Crippen LogP contribution < -0.4 is 11.1 Å². The van der Waals surface area contributed by atoms with Gasteiger partial charge in [0.2, 0.25) is 5.91 Å². The Balaban J connectivity index is 1.97. The van der Waals surface area contributed by atoms with Crippen molar-refractivity contribution in [2.24, 2.45) is 0 Å². The zero-order chi connectivity index (χ0) is 15.4. The first kappa shape index (κ1) is 16.0. The highest BCUT2D eigenvalue weighted by atomic mass is 35.5. The van der Waals surface area contributed by atoms with Crippen molar-refractivity contribution in [1.29, 1.82) is 0 Å². The monoisotopic (exact) mass is 340 g/mol. The second-order valence-corrected chi connectivity index (χ2v) is 6.26. The van der Waals surface area contributed by atoms with Gasteiger partial charge in [-0.3, -0.25) is 4.79 Å². The molecule has 21 heavy (non-hydrogen) atoms. The number of thioether (sulfide) groups is 1. The van der Waals surface area contributed by atoms with E-state index in [0.29, 0.717) is 21.4 Å². The van der Waals surface area contributed by atoms with Gasteiger partial charge in [-0.2, -0.15) is 0 Å². The summed E-state index contributed by atoms with van der Waals surface area (Å²) in [5.74, 6) is 0.0821. The highest BCUT2D eigenvalue weighted by molar-refractivity contribution is 8.00. The number of amides is 1. The van der Waals surface area contributed by atoms with Crippen molar-refractivity contribution in [3.05, 3.63) is 52.0 Å². The topological polar surface area (TPSA) is 55.1 Å². The summed E-state index contributed by atoms with van der Waals surface area (Å²) in [6, 6.07) is 10.7. The lowest BCUT2D eigenvalue weighted by molar-refractivity contribution is -0.113. The third-order valence-electron chi connectivity index (χ3n) is 2.80. The zero-order valence-electron chi connectivity index (χ0n) is 11.3. The maximum Gasteiger partial charge on any atom is 0.234 e. The Morgan fingerprint density at radius 2 is 2.00 bits per heavy atom. The molecule has 0 radical (unpaired) electrons. The average Bonchev–Trinajstić information content (AvgIpc) is 2.42. The summed E-state index contributed by atoms with van der Waals surface area (Å²) >= 11 is 13.4. The van der Waals surface area contributed by atoms with Crippen molar-refractivity contribution in [2.45, 2.75) is 11.8 Å². The summed E-state index contributed by atoms with van der Waals surface area (Å²) in [6.45, 7) is 1.91. The molecular formula is C15H14Cl2N2OS. The van der Waals surface area contributed by atoms with Gasteiger partial charge in [0.25, 0.3) is 0 Å². The Labute approximate surface area is 137 Å². The molecule has 0 atom stereocenters. The Morgan fingerprint density at radius 3 is 2.67 bits per heavy atom. The summed E-state index contributed by atoms with van der Waals surface area (Å²) in [4.78, 5) is 12.7. The molecule has 0 aromatic heterocycles. The Morgan fingerprint density at radius 1 is 1.24 bits per heavy atom. The number of anilines is 2. The van der Waals surface area contributed by atoms with Gasteiger partial charge >= 0.3 is 0 Å². The number of hydrogen-bond acceptors (Lipinski definition) is 3. The fourth-order valence-electron chi connectivity index (χ4n) is 1.68. The van der Waals surface area contributed by atoms with Crippen molar-refractivity contribution in [2.75, 3.05) is 16.8 Å². The molecule has 0 spiro atoms. The summed E-state index contributed by atoms with van der Waals surface area (Å²) in [7, 11) is 0. The predicted molar refractivity (Wildman–Crippen MR) is 91.4 cm³/mol. The van der Waals surface area contributed by atoms with Crippen LogP contribution in [0.5, 0.6) is 0 Å². The standard InChI is InChI=1S/C15H14Cl2N2OS/c1-9-5-6-10(7-12(9)17)19-14(20)8-21-15-11(16)3-2-4-13(15)18/h2-7H,8,18H2,1H3,(H,19,20). The van der Waals surface area contributed by atoms with Gasteiger partial charge < -0.3 is 11.1 Å². The normalized spacial score (nSPS) is 10.4. The van der Waals surface area contributed by atoms with Crippen molar-refractivity contribution >= 4 is 52.2 Å². The smallest absolute Gasteiger partial charge is 0.234 e. The molecule has 2 aromatic carbocycles. The highest BCUT2D eigenvalue weighted by Crippen LogP contribution is 2.32. The summed E-state index contributed by atoms with van der Waals surface area (Å²) in [5.41, 5.74) is 8.05. The van der Waals surface area contributed by atoms with Gasteiger partial charge in [0.1, 0.15) is 0 Å². The molecule has 0 aliphatic carbocycles. The molecule has 0 unspecified atom stereocenters. The number of carbonyl (C=O) groups is 1. The van der Waals surface area contributed by atoms with Gasteiger partial charge in [-0.25, -0.2) is 0 Å². The first-order chi connectivity index (χ1) is 9.97. The van der Waals surface area contributed by atoms with E-state index in [2.05, 4.69) is 5.32 Å². The van der Waals surface area contributed by atoms with Gasteiger partial charge in [-0.05, 0) is 36.8 Å². The van der Waals surface area contributed by atoms with Crippen LogP contribution in [-0.4, -0.2) is 11.7 Å². The maximum atomic E-state index is 11.9. The minimum Gasteiger partial charge on any atom is -0.398 e. The van der Waals surface area contributed by atoms with Gasteiger partial charge in [0, 0.05) is 21.3 Å². The van der Waals surface area contributed by atoms with E-state index >= 15 is 0 Å². The van der Waals surface area contributed by atoms with Gasteiger partial charge in [0.05, 0.1) is 10.8 Å². The van der Waals surface area contributed by atoms with Crippen molar-refractivity contribution in [3.63, 3.8) is 0 Å². The largest absolute Gasteiger partial charge is 0.398 e. The zero-order valence-corrected chi connectivity index (χ0v) is 13.6. The van der Waals surface area contributed by atoms with Crippen molar-refractivity contribution in [1.82, 2.24) is 0 Å². The number of hydrogen-bond donors (Lipinski definition) is 2. The van der Waals surface area contributed by atoms with E-state index in [4.69, 9.17) is 28.9 Å². The molecule has 0 heterocycles. The summed E-state index contributed by atoms with van der Waals surface area (Å²) in [6.07, 6.45) is 0. The Kier molecular flexibility index (Phi) is 5.39. The average molecular weight is 341 g/mol. The fraction of sp³-hybridized carbons (Fsp3) is 0.133. The van der Waals surface area contributed by atoms with Crippen LogP contribution in [0.4, 0.5) is 11.4 Å². The van der Waals surface area contributed by atoms with Crippen LogP contribution in [0.25, 0.3) is 0 Å². The highest BCUT2D eigenvalue weighted by Gasteiger charge is 2.09. The lowest BCUT2D eigenvalue weighted by atomic mass is 10.2. The molecule has 0 aliphatic heterocycles. The molecule has 110 valence electrons. The molecule has 0 saturated heterocycles. The molecule has 0 saturated carbocycles. The molecule has 0 aliphatic rings. The molecule has 0 bridgehead atoms. The van der Waals surface area contributed by atoms with E-state index in [1.165, 1.54) is 11.8 Å². The number of nitrogens with two attached hydrogens (primary N) is 1. The van der Waals surface area contributed by atoms with Crippen LogP contribution >= 0.6 is 35.0 Å². The predicted octanol–water partition coefficient (Wildman–Crippen LogP) is 4.61. The number of halogens is 2. The Hall–Kier alpha value is -1.36. The first-order valence-corrected chi connectivity index (χ1v) is 7.94. The number of nitrogens with one attached hydrogen (secondary N) is 1. The molecule has 1 amide bonds. The number of nitrogen functional groups attached to an aromatic ring is 1. The first-order valence-electron chi connectivity index (χ1n) is 6.20. The van der Waals surface area contributed by atoms with E-state index in [9.17, 15) is 4.79 Å². The molecule has 3 N–H and O–H groups in total.